The number of hydrogen-bond acceptors (Lipinski definition) is 7. The maximum Gasteiger partial charge on any atom is 0.390 e. The number of carbonyl (C=O) groups is 1. The summed E-state index contributed by atoms with van der Waals surface area (Å²) in [7, 11) is -1.77. The zero-order chi connectivity index (χ0) is 32.9. The number of methoxy groups -OCH3 is 1. The van der Waals surface area contributed by atoms with Gasteiger partial charge in [-0.2, -0.15) is 17.5 Å². The van der Waals surface area contributed by atoms with Gasteiger partial charge in [-0.1, -0.05) is 29.3 Å². The number of nitrogens with zero attached hydrogens (tertiary/aromatic N) is 1. The van der Waals surface area contributed by atoms with Crippen molar-refractivity contribution in [1.29, 1.82) is 0 Å². The molecule has 2 aromatic carbocycles. The fraction of sp³-hybridized carbons (Fsp3) is 0.567. The minimum atomic E-state index is -4.68. The Hall–Kier alpha value is -2.13. The predicted molar refractivity (Wildman–Crippen MR) is 165 cm³/mol. The predicted octanol–water partition coefficient (Wildman–Crippen LogP) is 4.95. The number of aliphatic hydroxyl groups is 1. The van der Waals surface area contributed by atoms with Crippen molar-refractivity contribution in [2.75, 3.05) is 33.1 Å². The van der Waals surface area contributed by atoms with Gasteiger partial charge in [0.05, 0.1) is 37.5 Å². The summed E-state index contributed by atoms with van der Waals surface area (Å²) < 4.78 is 76.9. The van der Waals surface area contributed by atoms with Crippen LogP contribution in [0.4, 0.5) is 13.2 Å². The van der Waals surface area contributed by atoms with E-state index in [9.17, 15) is 31.5 Å². The van der Waals surface area contributed by atoms with Crippen molar-refractivity contribution in [3.63, 3.8) is 0 Å². The van der Waals surface area contributed by atoms with Crippen molar-refractivity contribution < 1.29 is 41.0 Å². The lowest BCUT2D eigenvalue weighted by molar-refractivity contribution is -0.130. The molecule has 2 aliphatic rings. The largest absolute Gasteiger partial charge is 0.497 e. The maximum absolute atomic E-state index is 13.7. The molecular formula is C30H38Cl2F3N3O6S. The summed E-state index contributed by atoms with van der Waals surface area (Å²) >= 11 is 12.4. The Morgan fingerprint density at radius 2 is 1.82 bits per heavy atom. The second kappa shape index (κ2) is 15.2. The Morgan fingerprint density at radius 1 is 1.11 bits per heavy atom. The van der Waals surface area contributed by atoms with Crippen LogP contribution >= 0.6 is 23.2 Å². The number of amides is 1. The fourth-order valence-corrected chi connectivity index (χ4v) is 7.71. The van der Waals surface area contributed by atoms with Gasteiger partial charge in [-0.05, 0) is 79.1 Å². The standard InChI is InChI=1S/C30H38Cl2F3N3O6S/c1-38(45(41,42)10-8-30(33,34)35)26-5-3-4-9-44-28-16-24(23-15-21(43-2)6-7-22(23)28)36-17-27(39)25(37-29(26)40)13-18-11-19(31)14-20(32)12-18/h6-7,11-12,14-15,24-28,36,39H,3-5,8-10,13,16-17H2,1-2H3,(H,37,40)/t24-,25-,26-,27+,28+/m0/s1. The Morgan fingerprint density at radius 3 is 2.49 bits per heavy atom. The first-order valence-corrected chi connectivity index (χ1v) is 17.0. The van der Waals surface area contributed by atoms with Crippen LogP contribution in [0.3, 0.4) is 0 Å². The molecule has 0 spiro atoms. The number of halogens is 5. The molecule has 5 atom stereocenters. The Labute approximate surface area is 271 Å². The van der Waals surface area contributed by atoms with Crippen LogP contribution < -0.4 is 15.4 Å². The Balaban J connectivity index is 1.64. The normalized spacial score (nSPS) is 25.3. The second-order valence-corrected chi connectivity index (χ2v) is 14.4. The molecule has 1 saturated heterocycles. The number of ether oxygens (including phenoxy) is 2. The number of nitrogens with one attached hydrogen (secondary N) is 2. The quantitative estimate of drug-likeness (QED) is 0.375. The van der Waals surface area contributed by atoms with Crippen LogP contribution in [0.1, 0.15) is 60.9 Å². The number of likely N-dealkylation sites (N-methyl/N-ethyl adjacent to an activating group) is 1. The first kappa shape index (κ1) is 35.7. The van der Waals surface area contributed by atoms with E-state index in [1.165, 1.54) is 0 Å². The van der Waals surface area contributed by atoms with Crippen LogP contribution in [0.15, 0.2) is 36.4 Å². The van der Waals surface area contributed by atoms with Gasteiger partial charge in [0.25, 0.3) is 0 Å². The van der Waals surface area contributed by atoms with E-state index in [1.54, 1.807) is 25.3 Å². The molecule has 15 heteroatoms. The first-order valence-electron chi connectivity index (χ1n) is 14.7. The SMILES string of the molecule is COc1ccc2c(c1)[C@@H]1C[C@H]2OCCCC[C@H](N(C)S(=O)(=O)CCC(F)(F)F)C(=O)N[C@@H](Cc2cc(Cl)cc(Cl)c2)[C@H](O)CN1. The van der Waals surface area contributed by atoms with Gasteiger partial charge in [0.15, 0.2) is 0 Å². The molecule has 2 aromatic rings. The van der Waals surface area contributed by atoms with Crippen LogP contribution in [0.5, 0.6) is 5.75 Å². The summed E-state index contributed by atoms with van der Waals surface area (Å²) in [4.78, 5) is 13.7. The van der Waals surface area contributed by atoms with Crippen molar-refractivity contribution in [2.24, 2.45) is 0 Å². The highest BCUT2D eigenvalue weighted by Crippen LogP contribution is 2.42. The molecular weight excluding hydrogens is 658 g/mol. The van der Waals surface area contributed by atoms with Crippen LogP contribution in [0.25, 0.3) is 0 Å². The smallest absolute Gasteiger partial charge is 0.390 e. The third-order valence-electron chi connectivity index (χ3n) is 8.22. The molecule has 250 valence electrons. The van der Waals surface area contributed by atoms with Gasteiger partial charge in [-0.3, -0.25) is 4.79 Å². The van der Waals surface area contributed by atoms with Crippen molar-refractivity contribution in [3.8, 4) is 5.75 Å². The van der Waals surface area contributed by atoms with Gasteiger partial charge in [0, 0.05) is 36.3 Å². The van der Waals surface area contributed by atoms with Gasteiger partial charge in [0.2, 0.25) is 15.9 Å². The number of aliphatic hydroxyl groups excluding tert-OH is 1. The molecule has 2 bridgehead atoms. The fourth-order valence-electron chi connectivity index (χ4n) is 5.77. The molecule has 1 fully saturated rings. The number of fused-ring (bicyclic) bond motifs is 5. The van der Waals surface area contributed by atoms with E-state index in [1.807, 2.05) is 18.2 Å². The summed E-state index contributed by atoms with van der Waals surface area (Å²) in [5.41, 5.74) is 2.58. The second-order valence-electron chi connectivity index (χ2n) is 11.4. The molecule has 0 aromatic heterocycles. The summed E-state index contributed by atoms with van der Waals surface area (Å²) in [6.45, 7) is 0.361. The summed E-state index contributed by atoms with van der Waals surface area (Å²) in [6.07, 6.45) is -6.08. The number of sulfonamides is 1. The lowest BCUT2D eigenvalue weighted by Gasteiger charge is -2.31. The van der Waals surface area contributed by atoms with E-state index in [2.05, 4.69) is 10.6 Å². The van der Waals surface area contributed by atoms with Gasteiger partial charge >= 0.3 is 6.18 Å². The molecule has 1 aliphatic carbocycles. The van der Waals surface area contributed by atoms with Gasteiger partial charge < -0.3 is 25.2 Å². The molecule has 0 radical (unpaired) electrons. The molecule has 0 saturated carbocycles. The third kappa shape index (κ3) is 9.69. The van der Waals surface area contributed by atoms with Gasteiger partial charge in [-0.25, -0.2) is 8.42 Å². The number of alkyl halides is 3. The molecule has 4 rings (SSSR count). The van der Waals surface area contributed by atoms with E-state index in [0.29, 0.717) is 51.5 Å². The van der Waals surface area contributed by atoms with E-state index in [-0.39, 0.29) is 31.5 Å². The van der Waals surface area contributed by atoms with Crippen LogP contribution in [0.2, 0.25) is 10.0 Å². The average molecular weight is 697 g/mol. The van der Waals surface area contributed by atoms with Crippen LogP contribution in [-0.4, -0.2) is 81.2 Å². The highest BCUT2D eigenvalue weighted by Gasteiger charge is 2.38. The van der Waals surface area contributed by atoms with E-state index < -0.39 is 52.5 Å². The minimum absolute atomic E-state index is 0.0298. The number of β-amino-alcohol motifs (C(OH)–C–C–N with tert-alkyl or cyclic N) is 1. The number of hydrogen-bond donors (Lipinski definition) is 3. The van der Waals surface area contributed by atoms with E-state index >= 15 is 0 Å². The van der Waals surface area contributed by atoms with Gasteiger partial charge in [-0.15, -0.1) is 0 Å². The highest BCUT2D eigenvalue weighted by molar-refractivity contribution is 7.89. The monoisotopic (exact) mass is 695 g/mol. The van der Waals surface area contributed by atoms with E-state index in [0.717, 1.165) is 18.2 Å². The number of rotatable bonds is 7. The van der Waals surface area contributed by atoms with E-state index in [4.69, 9.17) is 32.7 Å². The maximum atomic E-state index is 13.7. The topological polar surface area (TPSA) is 117 Å². The zero-order valence-corrected chi connectivity index (χ0v) is 27.3. The van der Waals surface area contributed by atoms with Crippen molar-refractivity contribution in [1.82, 2.24) is 14.9 Å². The van der Waals surface area contributed by atoms with Gasteiger partial charge in [0.1, 0.15) is 11.8 Å². The molecule has 45 heavy (non-hydrogen) atoms. The third-order valence-corrected chi connectivity index (χ3v) is 10.5. The number of benzene rings is 2. The molecule has 9 nitrogen and oxygen atoms in total. The lowest BCUT2D eigenvalue weighted by Crippen LogP contribution is -2.55. The van der Waals surface area contributed by atoms with Crippen molar-refractivity contribution in [2.45, 2.75) is 75.0 Å². The zero-order valence-electron chi connectivity index (χ0n) is 24.9. The van der Waals surface area contributed by atoms with Crippen LogP contribution in [-0.2, 0) is 26.0 Å². The first-order chi connectivity index (χ1) is 21.2. The molecule has 0 unspecified atom stereocenters. The highest BCUT2D eigenvalue weighted by atomic mass is 35.5. The van der Waals surface area contributed by atoms with Crippen molar-refractivity contribution in [3.05, 3.63) is 63.1 Å². The summed E-state index contributed by atoms with van der Waals surface area (Å²) in [5.74, 6) is -1.25. The van der Waals surface area contributed by atoms with Crippen LogP contribution in [0, 0.1) is 0 Å². The molecule has 3 N–H and O–H groups in total. The summed E-state index contributed by atoms with van der Waals surface area (Å²) in [5, 5.41) is 18.3. The summed E-state index contributed by atoms with van der Waals surface area (Å²) in [6, 6.07) is 8.12. The number of carbonyl (C=O) groups excluding carboxylic acids is 1. The molecule has 1 aliphatic heterocycles. The Kier molecular flexibility index (Phi) is 12.1. The molecule has 1 heterocycles. The minimum Gasteiger partial charge on any atom is -0.497 e. The Bertz CT molecular complexity index is 1430. The lowest BCUT2D eigenvalue weighted by atomic mass is 9.99. The average Bonchev–Trinajstić information content (AvgIpc) is 3.31. The van der Waals surface area contributed by atoms with Crippen molar-refractivity contribution >= 4 is 39.1 Å². The molecule has 1 amide bonds.